The highest BCUT2D eigenvalue weighted by molar-refractivity contribution is 5.94. The maximum atomic E-state index is 11.9. The van der Waals surface area contributed by atoms with Crippen LogP contribution in [-0.4, -0.2) is 70.3 Å². The van der Waals surface area contributed by atoms with Gasteiger partial charge in [-0.3, -0.25) is 14.6 Å². The van der Waals surface area contributed by atoms with Crippen LogP contribution in [0.2, 0.25) is 0 Å². The van der Waals surface area contributed by atoms with E-state index in [9.17, 15) is 14.4 Å². The van der Waals surface area contributed by atoms with E-state index in [-0.39, 0.29) is 23.8 Å². The molecule has 12 nitrogen and oxygen atoms in total. The molecule has 188 valence electrons. The first kappa shape index (κ1) is 24.9. The summed E-state index contributed by atoms with van der Waals surface area (Å²) < 4.78 is 11.4. The first-order valence-corrected chi connectivity index (χ1v) is 11.4. The summed E-state index contributed by atoms with van der Waals surface area (Å²) in [5.41, 5.74) is 1.77. The number of pyridine rings is 1. The number of tetrazole rings is 1. The topological polar surface area (TPSA) is 150 Å². The molecule has 0 spiro atoms. The van der Waals surface area contributed by atoms with Crippen molar-refractivity contribution in [1.82, 2.24) is 35.8 Å². The van der Waals surface area contributed by atoms with Crippen LogP contribution in [0.15, 0.2) is 43.0 Å². The van der Waals surface area contributed by atoms with Crippen LogP contribution in [0.1, 0.15) is 46.8 Å². The molecule has 12 heteroatoms. The summed E-state index contributed by atoms with van der Waals surface area (Å²) in [5, 5.41) is 19.2. The number of methoxy groups -OCH3 is 2. The smallest absolute Gasteiger partial charge is 0.337 e. The molecule has 0 radical (unpaired) electrons. The van der Waals surface area contributed by atoms with E-state index < -0.39 is 12.0 Å². The van der Waals surface area contributed by atoms with Gasteiger partial charge in [0.1, 0.15) is 6.04 Å². The summed E-state index contributed by atoms with van der Waals surface area (Å²) in [5.74, 6) is -0.577. The minimum atomic E-state index is -0.498. The van der Waals surface area contributed by atoms with Crippen molar-refractivity contribution in [2.75, 3.05) is 27.3 Å². The Balaban J connectivity index is 1.61. The molecule has 2 N–H and O–H groups in total. The Morgan fingerprint density at radius 1 is 1.17 bits per heavy atom. The number of ether oxygens (including phenoxy) is 2. The lowest BCUT2D eigenvalue weighted by atomic mass is 9.80. The van der Waals surface area contributed by atoms with Crippen molar-refractivity contribution in [3.05, 3.63) is 60.1 Å². The Kier molecular flexibility index (Phi) is 7.64. The molecule has 4 rings (SSSR count). The van der Waals surface area contributed by atoms with Crippen molar-refractivity contribution >= 4 is 28.7 Å². The molecule has 1 saturated carbocycles. The zero-order valence-corrected chi connectivity index (χ0v) is 20.0. The highest BCUT2D eigenvalue weighted by atomic mass is 16.5. The van der Waals surface area contributed by atoms with Crippen molar-refractivity contribution < 1.29 is 23.9 Å². The lowest BCUT2D eigenvalue weighted by Crippen LogP contribution is -2.38. The third-order valence-electron chi connectivity index (χ3n) is 6.16. The Bertz CT molecular complexity index is 1280. The highest BCUT2D eigenvalue weighted by Crippen LogP contribution is 2.39. The minimum Gasteiger partial charge on any atom is -0.469 e. The first-order valence-electron chi connectivity index (χ1n) is 11.4. The Hall–Kier alpha value is -4.19. The molecule has 1 unspecified atom stereocenters. The summed E-state index contributed by atoms with van der Waals surface area (Å²) in [4.78, 5) is 40.0. The summed E-state index contributed by atoms with van der Waals surface area (Å²) in [6, 6.07) is 8.28. The number of nitrogens with one attached hydrogen (secondary N) is 2. The fraction of sp³-hybridized carbons (Fsp3) is 0.375. The summed E-state index contributed by atoms with van der Waals surface area (Å²) >= 11 is 0. The fourth-order valence-electron chi connectivity index (χ4n) is 4.15. The van der Waals surface area contributed by atoms with E-state index in [1.807, 2.05) is 12.1 Å². The molecular weight excluding hydrogens is 466 g/mol. The third kappa shape index (κ3) is 5.23. The number of hydrogen-bond donors (Lipinski definition) is 2. The molecule has 3 aromatic rings. The van der Waals surface area contributed by atoms with Gasteiger partial charge in [-0.15, -0.1) is 5.10 Å². The number of hydrogen-bond acceptors (Lipinski definition) is 10. The van der Waals surface area contributed by atoms with Gasteiger partial charge in [-0.05, 0) is 53.6 Å². The van der Waals surface area contributed by atoms with E-state index in [4.69, 9.17) is 14.5 Å². The van der Waals surface area contributed by atoms with Crippen molar-refractivity contribution in [3.63, 3.8) is 0 Å². The van der Waals surface area contributed by atoms with Gasteiger partial charge < -0.3 is 20.1 Å². The van der Waals surface area contributed by atoms with Gasteiger partial charge in [0.25, 0.3) is 0 Å². The van der Waals surface area contributed by atoms with E-state index in [1.54, 1.807) is 22.9 Å². The average Bonchev–Trinajstić information content (AvgIpc) is 3.35. The lowest BCUT2D eigenvalue weighted by molar-refractivity contribution is -0.150. The monoisotopic (exact) mass is 493 g/mol. The maximum absolute atomic E-state index is 11.9. The van der Waals surface area contributed by atoms with Crippen LogP contribution in [0, 0.1) is 5.92 Å². The first-order chi connectivity index (χ1) is 17.4. The number of amides is 1. The van der Waals surface area contributed by atoms with Crippen LogP contribution >= 0.6 is 0 Å². The number of nitrogens with zero attached hydrogens (tertiary/aromatic N) is 5. The quantitative estimate of drug-likeness (QED) is 0.239. The van der Waals surface area contributed by atoms with Crippen LogP contribution < -0.4 is 10.6 Å². The Morgan fingerprint density at radius 2 is 1.97 bits per heavy atom. The molecule has 0 aliphatic heterocycles. The van der Waals surface area contributed by atoms with Gasteiger partial charge in [0.05, 0.1) is 43.0 Å². The largest absolute Gasteiger partial charge is 0.469 e. The fourth-order valence-corrected chi connectivity index (χ4v) is 4.15. The second kappa shape index (κ2) is 11.0. The summed E-state index contributed by atoms with van der Waals surface area (Å²) in [7, 11) is 2.71. The highest BCUT2D eigenvalue weighted by Gasteiger charge is 2.39. The maximum Gasteiger partial charge on any atom is 0.337 e. The van der Waals surface area contributed by atoms with E-state index in [1.165, 1.54) is 20.3 Å². The van der Waals surface area contributed by atoms with Crippen LogP contribution in [0.5, 0.6) is 0 Å². The van der Waals surface area contributed by atoms with Crippen LogP contribution in [0.4, 0.5) is 0 Å². The molecule has 1 amide bonds. The van der Waals surface area contributed by atoms with Crippen LogP contribution in [-0.2, 0) is 19.1 Å². The molecule has 36 heavy (non-hydrogen) atoms. The molecule has 1 aliphatic rings. The Labute approximate surface area is 207 Å². The second-order valence-corrected chi connectivity index (χ2v) is 8.34. The van der Waals surface area contributed by atoms with Gasteiger partial charge in [-0.25, -0.2) is 9.48 Å². The zero-order valence-electron chi connectivity index (χ0n) is 20.0. The number of aromatic nitrogens is 5. The Morgan fingerprint density at radius 3 is 2.69 bits per heavy atom. The van der Waals surface area contributed by atoms with Crippen molar-refractivity contribution in [1.29, 1.82) is 0 Å². The summed E-state index contributed by atoms with van der Waals surface area (Å²) in [6.07, 6.45) is 2.36. The number of fused-ring (bicyclic) bond motifs is 1. The van der Waals surface area contributed by atoms with Gasteiger partial charge in [-0.2, -0.15) is 0 Å². The van der Waals surface area contributed by atoms with Gasteiger partial charge in [0, 0.05) is 18.5 Å². The van der Waals surface area contributed by atoms with Gasteiger partial charge in [0.15, 0.2) is 5.82 Å². The van der Waals surface area contributed by atoms with Crippen LogP contribution in [0.3, 0.4) is 0 Å². The van der Waals surface area contributed by atoms with Gasteiger partial charge in [0.2, 0.25) is 5.91 Å². The number of carbonyl (C=O) groups is 3. The molecule has 2 heterocycles. The molecule has 1 atom stereocenters. The van der Waals surface area contributed by atoms with E-state index in [0.29, 0.717) is 48.5 Å². The van der Waals surface area contributed by atoms with Crippen LogP contribution in [0.25, 0.3) is 10.9 Å². The second-order valence-electron chi connectivity index (χ2n) is 8.34. The summed E-state index contributed by atoms with van der Waals surface area (Å²) in [6.45, 7) is 4.22. The number of carbonyl (C=O) groups excluding carboxylic acids is 3. The predicted molar refractivity (Wildman–Crippen MR) is 128 cm³/mol. The molecule has 1 fully saturated rings. The third-order valence-corrected chi connectivity index (χ3v) is 6.16. The normalized spacial score (nSPS) is 17.6. The molecule has 0 bridgehead atoms. The molecule has 0 saturated heterocycles. The minimum absolute atomic E-state index is 0.0491. The van der Waals surface area contributed by atoms with Crippen molar-refractivity contribution in [2.24, 2.45) is 5.92 Å². The molecule has 2 aromatic heterocycles. The van der Waals surface area contributed by atoms with Crippen molar-refractivity contribution in [3.8, 4) is 0 Å². The standard InChI is InChI=1S/C24H27N7O5/c1-4-20(32)25-9-10-26-21(22-28-29-30-31(22)17-12-16(13-17)24(34)36-3)19-8-5-14-11-15(23(33)35-2)6-7-18(14)27-19/h4-8,11,16-17,21,26H,1,9-10,12-13H2,2-3H3,(H,25,32). The predicted octanol–water partition coefficient (Wildman–Crippen LogP) is 1.11. The number of esters is 2. The number of rotatable bonds is 10. The van der Waals surface area contributed by atoms with E-state index >= 15 is 0 Å². The van der Waals surface area contributed by atoms with E-state index in [0.717, 1.165) is 5.39 Å². The SMILES string of the molecule is C=CC(=O)NCCNC(c1ccc2cc(C(=O)OC)ccc2n1)c1nnnn1C1CC(C(=O)OC)C1. The molecule has 1 aliphatic carbocycles. The van der Waals surface area contributed by atoms with E-state index in [2.05, 4.69) is 32.7 Å². The lowest BCUT2D eigenvalue weighted by Gasteiger charge is -2.34. The molecule has 1 aromatic carbocycles. The zero-order chi connectivity index (χ0) is 25.7. The molecular formula is C24H27N7O5. The van der Waals surface area contributed by atoms with Gasteiger partial charge >= 0.3 is 11.9 Å². The van der Waals surface area contributed by atoms with Gasteiger partial charge in [-0.1, -0.05) is 12.6 Å². The van der Waals surface area contributed by atoms with Crippen molar-refractivity contribution in [2.45, 2.75) is 24.9 Å². The number of benzene rings is 1. The average molecular weight is 494 g/mol.